The Morgan fingerprint density at radius 1 is 0.969 bits per heavy atom. The highest BCUT2D eigenvalue weighted by molar-refractivity contribution is 6.30. The number of nitrogens with two attached hydrogens (primary N) is 1. The number of halogens is 2. The first-order valence-electron chi connectivity index (χ1n) is 11.5. The lowest BCUT2D eigenvalue weighted by atomic mass is 9.68. The van der Waals surface area contributed by atoms with E-state index in [0.717, 1.165) is 62.1 Å². The Morgan fingerprint density at radius 3 is 2.44 bits per heavy atom. The first-order valence-corrected chi connectivity index (χ1v) is 11.8. The molecule has 32 heavy (non-hydrogen) atoms. The van der Waals surface area contributed by atoms with Gasteiger partial charge < -0.3 is 15.2 Å². The molecular formula is C25H33Cl2N3O2. The molecule has 0 bridgehead atoms. The van der Waals surface area contributed by atoms with Crippen molar-refractivity contribution in [3.63, 3.8) is 0 Å². The third kappa shape index (κ3) is 4.87. The highest BCUT2D eigenvalue weighted by Gasteiger charge is 2.38. The lowest BCUT2D eigenvalue weighted by molar-refractivity contribution is 0.0629. The van der Waals surface area contributed by atoms with Crippen molar-refractivity contribution in [2.75, 3.05) is 39.5 Å². The summed E-state index contributed by atoms with van der Waals surface area (Å²) in [6, 6.07) is 15.3. The van der Waals surface area contributed by atoms with Crippen molar-refractivity contribution < 1.29 is 9.47 Å². The van der Waals surface area contributed by atoms with Crippen molar-refractivity contribution in [2.24, 2.45) is 5.73 Å². The van der Waals surface area contributed by atoms with E-state index in [2.05, 4.69) is 40.1 Å². The second-order valence-corrected chi connectivity index (χ2v) is 9.66. The molecule has 0 atom stereocenters. The third-order valence-corrected chi connectivity index (χ3v) is 7.74. The molecule has 2 N–H and O–H groups in total. The molecule has 1 aliphatic carbocycles. The molecule has 7 heteroatoms. The van der Waals surface area contributed by atoms with Crippen molar-refractivity contribution in [1.29, 1.82) is 0 Å². The Kier molecular flexibility index (Phi) is 7.53. The number of nitrogens with zero attached hydrogens (tertiary/aromatic N) is 2. The van der Waals surface area contributed by atoms with Crippen molar-refractivity contribution >= 4 is 24.0 Å². The SMILES string of the molecule is Cl.NC[C@]1(c2cccc(Cl)c2)CC[C@@H](N2CCN(Cc3ccc4c(c3)OCO4)CC2)CC1. The molecular weight excluding hydrogens is 445 g/mol. The normalized spacial score (nSPS) is 26.0. The summed E-state index contributed by atoms with van der Waals surface area (Å²) in [7, 11) is 0. The zero-order valence-electron chi connectivity index (χ0n) is 18.5. The third-order valence-electron chi connectivity index (χ3n) is 7.51. The zero-order valence-corrected chi connectivity index (χ0v) is 20.0. The second kappa shape index (κ2) is 10.2. The van der Waals surface area contributed by atoms with Gasteiger partial charge in [0.15, 0.2) is 11.5 Å². The average molecular weight is 478 g/mol. The molecule has 1 saturated heterocycles. The molecule has 0 aromatic heterocycles. The Bertz CT molecular complexity index is 910. The molecule has 0 spiro atoms. The van der Waals surface area contributed by atoms with E-state index in [1.807, 2.05) is 12.1 Å². The van der Waals surface area contributed by atoms with Gasteiger partial charge in [-0.05, 0) is 61.1 Å². The number of fused-ring (bicyclic) bond motifs is 1. The molecule has 2 heterocycles. The van der Waals surface area contributed by atoms with Crippen LogP contribution >= 0.6 is 24.0 Å². The topological polar surface area (TPSA) is 51.0 Å². The summed E-state index contributed by atoms with van der Waals surface area (Å²) in [4.78, 5) is 5.25. The summed E-state index contributed by atoms with van der Waals surface area (Å²) < 4.78 is 10.9. The highest BCUT2D eigenvalue weighted by Crippen LogP contribution is 2.41. The van der Waals surface area contributed by atoms with Crippen molar-refractivity contribution in [3.05, 3.63) is 58.6 Å². The summed E-state index contributed by atoms with van der Waals surface area (Å²) >= 11 is 6.27. The first-order chi connectivity index (χ1) is 15.1. The maximum absolute atomic E-state index is 6.29. The number of piperazine rings is 1. The Hall–Kier alpha value is -1.50. The van der Waals surface area contributed by atoms with Crippen LogP contribution in [-0.2, 0) is 12.0 Å². The molecule has 1 saturated carbocycles. The van der Waals surface area contributed by atoms with E-state index in [-0.39, 0.29) is 17.8 Å². The van der Waals surface area contributed by atoms with E-state index < -0.39 is 0 Å². The van der Waals surface area contributed by atoms with Crippen molar-refractivity contribution in [3.8, 4) is 11.5 Å². The molecule has 174 valence electrons. The quantitative estimate of drug-likeness (QED) is 0.689. The van der Waals surface area contributed by atoms with E-state index in [4.69, 9.17) is 26.8 Å². The first kappa shape index (κ1) is 23.7. The van der Waals surface area contributed by atoms with Gasteiger partial charge in [0.2, 0.25) is 6.79 Å². The van der Waals surface area contributed by atoms with Gasteiger partial charge in [-0.15, -0.1) is 12.4 Å². The van der Waals surface area contributed by atoms with Gasteiger partial charge >= 0.3 is 0 Å². The van der Waals surface area contributed by atoms with Crippen LogP contribution in [0.5, 0.6) is 11.5 Å². The molecule has 2 fully saturated rings. The number of hydrogen-bond acceptors (Lipinski definition) is 5. The maximum Gasteiger partial charge on any atom is 0.231 e. The Balaban J connectivity index is 0.00000245. The van der Waals surface area contributed by atoms with Crippen LogP contribution in [0.3, 0.4) is 0 Å². The fourth-order valence-electron chi connectivity index (χ4n) is 5.53. The van der Waals surface area contributed by atoms with Crippen LogP contribution in [-0.4, -0.2) is 55.4 Å². The van der Waals surface area contributed by atoms with Gasteiger partial charge in [0.1, 0.15) is 0 Å². The summed E-state index contributed by atoms with van der Waals surface area (Å²) in [5.41, 5.74) is 8.99. The molecule has 2 aromatic carbocycles. The van der Waals surface area contributed by atoms with Crippen LogP contribution in [0, 0.1) is 0 Å². The summed E-state index contributed by atoms with van der Waals surface area (Å²) in [5.74, 6) is 1.73. The smallest absolute Gasteiger partial charge is 0.231 e. The van der Waals surface area contributed by atoms with E-state index in [0.29, 0.717) is 19.4 Å². The average Bonchev–Trinajstić information content (AvgIpc) is 3.28. The molecule has 5 nitrogen and oxygen atoms in total. The predicted octanol–water partition coefficient (Wildman–Crippen LogP) is 4.45. The number of rotatable bonds is 5. The minimum atomic E-state index is 0. The number of ether oxygens (including phenoxy) is 2. The molecule has 3 aliphatic rings. The van der Waals surface area contributed by atoms with Crippen molar-refractivity contribution in [1.82, 2.24) is 9.80 Å². The van der Waals surface area contributed by atoms with E-state index in [1.54, 1.807) is 0 Å². The summed E-state index contributed by atoms with van der Waals surface area (Å²) in [6.07, 6.45) is 4.72. The molecule has 2 aliphatic heterocycles. The monoisotopic (exact) mass is 477 g/mol. The lowest BCUT2D eigenvalue weighted by Gasteiger charge is -2.46. The van der Waals surface area contributed by atoms with Gasteiger partial charge in [0.25, 0.3) is 0 Å². The van der Waals surface area contributed by atoms with E-state index >= 15 is 0 Å². The second-order valence-electron chi connectivity index (χ2n) is 9.23. The predicted molar refractivity (Wildman–Crippen MR) is 131 cm³/mol. The van der Waals surface area contributed by atoms with Crippen LogP contribution in [0.15, 0.2) is 42.5 Å². The summed E-state index contributed by atoms with van der Waals surface area (Å²) in [5, 5.41) is 0.811. The largest absolute Gasteiger partial charge is 0.454 e. The van der Waals surface area contributed by atoms with Crippen LogP contribution in [0.1, 0.15) is 36.8 Å². The van der Waals surface area contributed by atoms with Gasteiger partial charge in [-0.3, -0.25) is 9.80 Å². The van der Waals surface area contributed by atoms with E-state index in [1.165, 1.54) is 24.0 Å². The minimum Gasteiger partial charge on any atom is -0.454 e. The number of benzene rings is 2. The minimum absolute atomic E-state index is 0. The molecule has 0 amide bonds. The molecule has 5 rings (SSSR count). The fraction of sp³-hybridized carbons (Fsp3) is 0.520. The van der Waals surface area contributed by atoms with Gasteiger partial charge in [-0.1, -0.05) is 29.8 Å². The Morgan fingerprint density at radius 2 is 1.72 bits per heavy atom. The highest BCUT2D eigenvalue weighted by atomic mass is 35.5. The molecule has 2 aromatic rings. The van der Waals surface area contributed by atoms with Gasteiger partial charge in [0.05, 0.1) is 0 Å². The van der Waals surface area contributed by atoms with Gasteiger partial charge in [0, 0.05) is 55.7 Å². The Labute approximate surface area is 202 Å². The standard InChI is InChI=1S/C25H32ClN3O2.ClH/c26-21-3-1-2-20(15-21)25(17-27)8-6-22(7-9-25)29-12-10-28(11-13-29)16-19-4-5-23-24(14-19)31-18-30-23;/h1-5,14-15,22H,6-13,16-18,27H2;1H/t22-,25+;. The maximum atomic E-state index is 6.29. The fourth-order valence-corrected chi connectivity index (χ4v) is 5.72. The van der Waals surface area contributed by atoms with Crippen LogP contribution in [0.2, 0.25) is 5.02 Å². The molecule has 0 unspecified atom stereocenters. The van der Waals surface area contributed by atoms with E-state index in [9.17, 15) is 0 Å². The van der Waals surface area contributed by atoms with Gasteiger partial charge in [-0.25, -0.2) is 0 Å². The van der Waals surface area contributed by atoms with Crippen molar-refractivity contribution in [2.45, 2.75) is 43.7 Å². The van der Waals surface area contributed by atoms with Crippen LogP contribution < -0.4 is 15.2 Å². The molecule has 0 radical (unpaired) electrons. The number of hydrogen-bond donors (Lipinski definition) is 1. The summed E-state index contributed by atoms with van der Waals surface area (Å²) in [6.45, 7) is 6.51. The van der Waals surface area contributed by atoms with Crippen LogP contribution in [0.4, 0.5) is 0 Å². The zero-order chi connectivity index (χ0) is 21.3. The van der Waals surface area contributed by atoms with Crippen LogP contribution in [0.25, 0.3) is 0 Å². The lowest BCUT2D eigenvalue weighted by Crippen LogP contribution is -2.52. The van der Waals surface area contributed by atoms with Gasteiger partial charge in [-0.2, -0.15) is 0 Å².